The fourth-order valence-corrected chi connectivity index (χ4v) is 5.05. The fraction of sp³-hybridized carbons (Fsp3) is 0.312. The molecule has 0 radical (unpaired) electrons. The zero-order valence-electron chi connectivity index (χ0n) is 12.2. The van der Waals surface area contributed by atoms with E-state index in [-0.39, 0.29) is 11.8 Å². The van der Waals surface area contributed by atoms with Crippen LogP contribution < -0.4 is 5.32 Å². The molecule has 114 valence electrons. The number of carbonyl (C=O) groups excluding carboxylic acids is 1. The van der Waals surface area contributed by atoms with E-state index in [4.69, 9.17) is 0 Å². The largest absolute Gasteiger partial charge is 0.325 e. The van der Waals surface area contributed by atoms with Gasteiger partial charge in [0, 0.05) is 29.6 Å². The van der Waals surface area contributed by atoms with Crippen LogP contribution >= 0.6 is 23.5 Å². The number of hydrogen-bond donors (Lipinski definition) is 1. The molecular weight excluding hydrogens is 314 g/mol. The lowest BCUT2D eigenvalue weighted by Crippen LogP contribution is -2.20. The van der Waals surface area contributed by atoms with E-state index in [1.807, 2.05) is 42.6 Å². The number of benzene rings is 1. The molecule has 0 saturated carbocycles. The second kappa shape index (κ2) is 7.15. The van der Waals surface area contributed by atoms with Crippen LogP contribution in [0, 0.1) is 0 Å². The highest BCUT2D eigenvalue weighted by Crippen LogP contribution is 2.45. The minimum atomic E-state index is -0.375. The quantitative estimate of drug-likeness (QED) is 0.926. The summed E-state index contributed by atoms with van der Waals surface area (Å²) in [7, 11) is 0. The Kier molecular flexibility index (Phi) is 5.00. The van der Waals surface area contributed by atoms with Gasteiger partial charge < -0.3 is 5.32 Å². The first-order valence-corrected chi connectivity index (χ1v) is 9.25. The molecule has 2 aromatic rings. The molecule has 0 bridgehead atoms. The molecule has 1 atom stereocenters. The van der Waals surface area contributed by atoms with Crippen molar-refractivity contribution < 1.29 is 4.79 Å². The Morgan fingerprint density at radius 2 is 1.95 bits per heavy atom. The van der Waals surface area contributed by atoms with Gasteiger partial charge in [0.1, 0.15) is 5.82 Å². The van der Waals surface area contributed by atoms with Crippen molar-refractivity contribution in [1.82, 2.24) is 9.97 Å². The van der Waals surface area contributed by atoms with Crippen LogP contribution in [0.1, 0.15) is 28.8 Å². The van der Waals surface area contributed by atoms with E-state index >= 15 is 0 Å². The molecule has 1 unspecified atom stereocenters. The highest BCUT2D eigenvalue weighted by molar-refractivity contribution is 8.19. The Hall–Kier alpha value is -1.53. The van der Waals surface area contributed by atoms with Crippen molar-refractivity contribution >= 4 is 35.1 Å². The van der Waals surface area contributed by atoms with Crippen molar-refractivity contribution in [2.24, 2.45) is 0 Å². The van der Waals surface area contributed by atoms with Crippen molar-refractivity contribution in [2.75, 3.05) is 16.8 Å². The molecule has 1 aliphatic heterocycles. The van der Waals surface area contributed by atoms with Gasteiger partial charge in [-0.25, -0.2) is 9.97 Å². The summed E-state index contributed by atoms with van der Waals surface area (Å²) < 4.78 is 0.478. The molecule has 1 saturated heterocycles. The Morgan fingerprint density at radius 3 is 2.68 bits per heavy atom. The minimum Gasteiger partial charge on any atom is -0.325 e. The highest BCUT2D eigenvalue weighted by atomic mass is 32.2. The molecule has 0 aliphatic carbocycles. The zero-order chi connectivity index (χ0) is 15.4. The van der Waals surface area contributed by atoms with E-state index in [1.165, 1.54) is 17.1 Å². The summed E-state index contributed by atoms with van der Waals surface area (Å²) in [5, 5.41) is 2.97. The van der Waals surface area contributed by atoms with Crippen LogP contribution in [0.2, 0.25) is 0 Å². The van der Waals surface area contributed by atoms with Crippen molar-refractivity contribution in [1.29, 1.82) is 0 Å². The van der Waals surface area contributed by atoms with Crippen molar-refractivity contribution in [3.63, 3.8) is 0 Å². The molecule has 1 fully saturated rings. The summed E-state index contributed by atoms with van der Waals surface area (Å²) in [4.78, 5) is 20.6. The maximum atomic E-state index is 12.3. The lowest BCUT2D eigenvalue weighted by atomic mass is 10.1. The van der Waals surface area contributed by atoms with E-state index in [1.54, 1.807) is 18.5 Å². The van der Waals surface area contributed by atoms with Gasteiger partial charge in [0.15, 0.2) is 0 Å². The Morgan fingerprint density at radius 1 is 1.23 bits per heavy atom. The van der Waals surface area contributed by atoms with Crippen LogP contribution in [-0.4, -0.2) is 27.4 Å². The van der Waals surface area contributed by atoms with E-state index in [9.17, 15) is 4.79 Å². The number of nitrogens with one attached hydrogen (secondary N) is 1. The van der Waals surface area contributed by atoms with E-state index in [0.29, 0.717) is 10.4 Å². The fourth-order valence-electron chi connectivity index (χ4n) is 2.22. The summed E-state index contributed by atoms with van der Waals surface area (Å²) in [5.41, 5.74) is 2.09. The molecule has 1 N–H and O–H groups in total. The van der Waals surface area contributed by atoms with Gasteiger partial charge in [-0.3, -0.25) is 4.79 Å². The highest BCUT2D eigenvalue weighted by Gasteiger charge is 2.20. The molecule has 3 rings (SSSR count). The summed E-state index contributed by atoms with van der Waals surface area (Å²) in [5.74, 6) is 2.45. The molecule has 1 amide bonds. The third-order valence-electron chi connectivity index (χ3n) is 3.41. The number of rotatable bonds is 4. The van der Waals surface area contributed by atoms with Crippen LogP contribution in [0.5, 0.6) is 0 Å². The first-order valence-electron chi connectivity index (χ1n) is 7.15. The summed E-state index contributed by atoms with van der Waals surface area (Å²) >= 11 is 3.91. The normalized spacial score (nSPS) is 16.4. The lowest BCUT2D eigenvalue weighted by molar-refractivity contribution is -0.117. The molecule has 2 heterocycles. The molecule has 4 nitrogen and oxygen atoms in total. The summed E-state index contributed by atoms with van der Waals surface area (Å²) in [6.07, 6.45) is 3.31. The van der Waals surface area contributed by atoms with Gasteiger partial charge in [-0.15, -0.1) is 23.5 Å². The maximum absolute atomic E-state index is 12.3. The molecule has 6 heteroatoms. The number of amides is 1. The molecule has 22 heavy (non-hydrogen) atoms. The average Bonchev–Trinajstić information content (AvgIpc) is 3.10. The van der Waals surface area contributed by atoms with Crippen LogP contribution in [0.15, 0.2) is 42.7 Å². The third-order valence-corrected chi connectivity index (χ3v) is 6.52. The van der Waals surface area contributed by atoms with E-state index in [0.717, 1.165) is 5.69 Å². The van der Waals surface area contributed by atoms with Crippen LogP contribution in [0.3, 0.4) is 0 Å². The van der Waals surface area contributed by atoms with Gasteiger partial charge in [0.25, 0.3) is 0 Å². The molecule has 1 aromatic carbocycles. The number of aromatic nitrogens is 2. The van der Waals surface area contributed by atoms with Crippen LogP contribution in [-0.2, 0) is 4.79 Å². The summed E-state index contributed by atoms with van der Waals surface area (Å²) in [6.45, 7) is 1.82. The number of carbonyl (C=O) groups is 1. The topological polar surface area (TPSA) is 54.9 Å². The van der Waals surface area contributed by atoms with Gasteiger partial charge in [-0.2, -0.15) is 0 Å². The average molecular weight is 331 g/mol. The third kappa shape index (κ3) is 3.62. The zero-order valence-corrected chi connectivity index (χ0v) is 13.9. The summed E-state index contributed by atoms with van der Waals surface area (Å²) in [6, 6.07) is 9.84. The van der Waals surface area contributed by atoms with Crippen LogP contribution in [0.25, 0.3) is 0 Å². The molecule has 1 aromatic heterocycles. The predicted octanol–water partition coefficient (Wildman–Crippen LogP) is 3.70. The standard InChI is InChI=1S/C16H17N3OS2/c1-11(14-17-6-3-7-18-14)15(20)19-13-5-2-4-12(10-13)16-21-8-9-22-16/h2-7,10-11,16H,8-9H2,1H3,(H,19,20). The van der Waals surface area contributed by atoms with E-state index < -0.39 is 0 Å². The van der Waals surface area contributed by atoms with Gasteiger partial charge in [0.2, 0.25) is 5.91 Å². The molecular formula is C16H17N3OS2. The number of anilines is 1. The van der Waals surface area contributed by atoms with Crippen LogP contribution in [0.4, 0.5) is 5.69 Å². The van der Waals surface area contributed by atoms with Crippen molar-refractivity contribution in [3.05, 3.63) is 54.1 Å². The van der Waals surface area contributed by atoms with Gasteiger partial charge in [-0.05, 0) is 30.7 Å². The number of nitrogens with zero attached hydrogens (tertiary/aromatic N) is 2. The predicted molar refractivity (Wildman–Crippen MR) is 93.2 cm³/mol. The SMILES string of the molecule is CC(C(=O)Nc1cccc(C2SCCS2)c1)c1ncccn1. The Balaban J connectivity index is 1.70. The van der Waals surface area contributed by atoms with Gasteiger partial charge in [0.05, 0.1) is 10.5 Å². The van der Waals surface area contributed by atoms with E-state index in [2.05, 4.69) is 27.4 Å². The molecule has 1 aliphatic rings. The number of hydrogen-bond acceptors (Lipinski definition) is 5. The van der Waals surface area contributed by atoms with Gasteiger partial charge >= 0.3 is 0 Å². The molecule has 0 spiro atoms. The lowest BCUT2D eigenvalue weighted by Gasteiger charge is -2.13. The maximum Gasteiger partial charge on any atom is 0.234 e. The Labute approximate surface area is 138 Å². The second-order valence-electron chi connectivity index (χ2n) is 5.02. The van der Waals surface area contributed by atoms with Crippen molar-refractivity contribution in [3.8, 4) is 0 Å². The van der Waals surface area contributed by atoms with Gasteiger partial charge in [-0.1, -0.05) is 12.1 Å². The monoisotopic (exact) mass is 331 g/mol. The first-order chi connectivity index (χ1) is 10.7. The number of thioether (sulfide) groups is 2. The minimum absolute atomic E-state index is 0.0879. The van der Waals surface area contributed by atoms with Crippen molar-refractivity contribution in [2.45, 2.75) is 17.4 Å². The first kappa shape index (κ1) is 15.4. The Bertz CT molecular complexity index is 645. The second-order valence-corrected chi connectivity index (χ2v) is 7.74. The smallest absolute Gasteiger partial charge is 0.234 e.